The summed E-state index contributed by atoms with van der Waals surface area (Å²) in [5.41, 5.74) is 0.800. The molecule has 8 heteroatoms. The van der Waals surface area contributed by atoms with Crippen LogP contribution in [0.3, 0.4) is 0 Å². The Balaban J connectivity index is 2.47. The highest BCUT2D eigenvalue weighted by molar-refractivity contribution is 7.89. The summed E-state index contributed by atoms with van der Waals surface area (Å²) in [6.45, 7) is 2.35. The molecule has 1 aliphatic rings. The number of rotatable bonds is 3. The minimum absolute atomic E-state index is 0.116. The third-order valence-electron chi connectivity index (χ3n) is 3.05. The van der Waals surface area contributed by atoms with E-state index in [-0.39, 0.29) is 10.5 Å². The molecule has 1 aromatic carbocycles. The molecule has 0 saturated carbocycles. The van der Waals surface area contributed by atoms with E-state index in [1.807, 2.05) is 4.90 Å². The first-order chi connectivity index (χ1) is 9.43. The molecule has 0 unspecified atom stereocenters. The van der Waals surface area contributed by atoms with Crippen LogP contribution in [0.25, 0.3) is 0 Å². The van der Waals surface area contributed by atoms with Gasteiger partial charge in [0, 0.05) is 13.1 Å². The van der Waals surface area contributed by atoms with Crippen LogP contribution in [-0.4, -0.2) is 47.8 Å². The molecule has 1 saturated heterocycles. The minimum Gasteiger partial charge on any atom is -0.465 e. The number of ether oxygens (including phenoxy) is 2. The molecule has 0 spiro atoms. The van der Waals surface area contributed by atoms with Gasteiger partial charge in [-0.2, -0.15) is 0 Å². The van der Waals surface area contributed by atoms with E-state index in [1.165, 1.54) is 19.2 Å². The smallest absolute Gasteiger partial charge is 0.340 e. The first kappa shape index (κ1) is 14.8. The fourth-order valence-corrected chi connectivity index (χ4v) is 2.59. The highest BCUT2D eigenvalue weighted by Gasteiger charge is 2.21. The number of hydrogen-bond acceptors (Lipinski definition) is 6. The lowest BCUT2D eigenvalue weighted by atomic mass is 10.1. The summed E-state index contributed by atoms with van der Waals surface area (Å²) in [6, 6.07) is 4.19. The molecule has 1 aliphatic heterocycles. The van der Waals surface area contributed by atoms with Crippen LogP contribution in [0.5, 0.6) is 0 Å². The van der Waals surface area contributed by atoms with Crippen molar-refractivity contribution in [3.63, 3.8) is 0 Å². The van der Waals surface area contributed by atoms with Crippen molar-refractivity contribution in [1.82, 2.24) is 0 Å². The number of primary sulfonamides is 1. The van der Waals surface area contributed by atoms with Gasteiger partial charge in [-0.1, -0.05) is 0 Å². The first-order valence-electron chi connectivity index (χ1n) is 6.01. The molecule has 0 aromatic heterocycles. The summed E-state index contributed by atoms with van der Waals surface area (Å²) < 4.78 is 32.7. The van der Waals surface area contributed by atoms with Gasteiger partial charge in [0.25, 0.3) is 0 Å². The molecule has 0 bridgehead atoms. The van der Waals surface area contributed by atoms with Crippen molar-refractivity contribution < 1.29 is 22.7 Å². The molecule has 1 fully saturated rings. The average molecular weight is 300 g/mol. The number of carbonyl (C=O) groups is 1. The number of nitrogens with two attached hydrogens (primary N) is 1. The second-order valence-corrected chi connectivity index (χ2v) is 5.88. The van der Waals surface area contributed by atoms with Crippen LogP contribution >= 0.6 is 0 Å². The Morgan fingerprint density at radius 3 is 2.55 bits per heavy atom. The number of methoxy groups -OCH3 is 1. The quantitative estimate of drug-likeness (QED) is 0.786. The molecule has 0 aliphatic carbocycles. The van der Waals surface area contributed by atoms with Crippen molar-refractivity contribution in [3.05, 3.63) is 23.8 Å². The van der Waals surface area contributed by atoms with Crippen LogP contribution in [-0.2, 0) is 19.5 Å². The highest BCUT2D eigenvalue weighted by atomic mass is 32.2. The Labute approximate surface area is 117 Å². The van der Waals surface area contributed by atoms with Crippen LogP contribution in [0, 0.1) is 0 Å². The molecule has 0 radical (unpaired) electrons. The van der Waals surface area contributed by atoms with E-state index in [1.54, 1.807) is 6.07 Å². The monoisotopic (exact) mass is 300 g/mol. The summed E-state index contributed by atoms with van der Waals surface area (Å²) in [4.78, 5) is 13.7. The summed E-state index contributed by atoms with van der Waals surface area (Å²) in [7, 11) is -2.62. The normalized spacial score (nSPS) is 16.0. The van der Waals surface area contributed by atoms with Crippen LogP contribution in [0.2, 0.25) is 0 Å². The third-order valence-corrected chi connectivity index (χ3v) is 3.96. The number of benzene rings is 1. The molecule has 1 aromatic rings. The van der Waals surface area contributed by atoms with Crippen LogP contribution in [0.4, 0.5) is 5.69 Å². The zero-order chi connectivity index (χ0) is 14.8. The highest BCUT2D eigenvalue weighted by Crippen LogP contribution is 2.25. The van der Waals surface area contributed by atoms with E-state index in [4.69, 9.17) is 14.6 Å². The molecule has 2 N–H and O–H groups in total. The topological polar surface area (TPSA) is 98.9 Å². The third kappa shape index (κ3) is 3.09. The van der Waals surface area contributed by atoms with Crippen molar-refractivity contribution in [1.29, 1.82) is 0 Å². The van der Waals surface area contributed by atoms with Gasteiger partial charge in [0.15, 0.2) is 0 Å². The first-order valence-corrected chi connectivity index (χ1v) is 7.56. The number of carbonyl (C=O) groups excluding carboxylic acids is 1. The second kappa shape index (κ2) is 5.78. The van der Waals surface area contributed by atoms with Gasteiger partial charge in [0.1, 0.15) is 0 Å². The van der Waals surface area contributed by atoms with E-state index >= 15 is 0 Å². The zero-order valence-corrected chi connectivity index (χ0v) is 11.9. The second-order valence-electron chi connectivity index (χ2n) is 4.31. The predicted molar refractivity (Wildman–Crippen MR) is 72.2 cm³/mol. The van der Waals surface area contributed by atoms with Gasteiger partial charge in [-0.3, -0.25) is 0 Å². The van der Waals surface area contributed by atoms with E-state index in [9.17, 15) is 13.2 Å². The number of sulfonamides is 1. The summed E-state index contributed by atoms with van der Waals surface area (Å²) in [5.74, 6) is -0.600. The Morgan fingerprint density at radius 2 is 2.00 bits per heavy atom. The number of nitrogens with zero attached hydrogens (tertiary/aromatic N) is 1. The molecule has 1 heterocycles. The van der Waals surface area contributed by atoms with Crippen molar-refractivity contribution in [2.75, 3.05) is 38.3 Å². The van der Waals surface area contributed by atoms with E-state index in [0.29, 0.717) is 32.0 Å². The summed E-state index contributed by atoms with van der Waals surface area (Å²) >= 11 is 0. The maximum absolute atomic E-state index is 11.8. The predicted octanol–water partition coefficient (Wildman–Crippen LogP) is -0.0428. The molecular weight excluding hydrogens is 284 g/mol. The van der Waals surface area contributed by atoms with Gasteiger partial charge in [-0.15, -0.1) is 0 Å². The van der Waals surface area contributed by atoms with Crippen molar-refractivity contribution >= 4 is 21.7 Å². The SMILES string of the molecule is COC(=O)c1cc(S(N)(=O)=O)ccc1N1CCOCC1. The largest absolute Gasteiger partial charge is 0.465 e. The summed E-state index contributed by atoms with van der Waals surface area (Å²) in [5, 5.41) is 5.08. The Kier molecular flexibility index (Phi) is 4.26. The van der Waals surface area contributed by atoms with Crippen molar-refractivity contribution in [3.8, 4) is 0 Å². The van der Waals surface area contributed by atoms with Gasteiger partial charge in [0.05, 0.1) is 36.5 Å². The van der Waals surface area contributed by atoms with E-state index in [0.717, 1.165) is 0 Å². The molecule has 110 valence electrons. The van der Waals surface area contributed by atoms with Crippen LogP contribution in [0.1, 0.15) is 10.4 Å². The Morgan fingerprint density at radius 1 is 1.35 bits per heavy atom. The number of hydrogen-bond donors (Lipinski definition) is 1. The lowest BCUT2D eigenvalue weighted by Gasteiger charge is -2.30. The van der Waals surface area contributed by atoms with E-state index in [2.05, 4.69) is 0 Å². The molecule has 7 nitrogen and oxygen atoms in total. The van der Waals surface area contributed by atoms with E-state index < -0.39 is 16.0 Å². The number of morpholine rings is 1. The molecule has 0 atom stereocenters. The number of anilines is 1. The molecular formula is C12H16N2O5S. The van der Waals surface area contributed by atoms with Gasteiger partial charge in [0.2, 0.25) is 10.0 Å². The maximum atomic E-state index is 11.8. The van der Waals surface area contributed by atoms with Gasteiger partial charge < -0.3 is 14.4 Å². The summed E-state index contributed by atoms with van der Waals surface area (Å²) in [6.07, 6.45) is 0. The van der Waals surface area contributed by atoms with Gasteiger partial charge in [-0.05, 0) is 18.2 Å². The standard InChI is InChI=1S/C12H16N2O5S/c1-18-12(15)10-8-9(20(13,16)17)2-3-11(10)14-4-6-19-7-5-14/h2-3,8H,4-7H2,1H3,(H2,13,16,17). The number of esters is 1. The Hall–Kier alpha value is -1.64. The van der Waals surface area contributed by atoms with Gasteiger partial charge >= 0.3 is 5.97 Å². The van der Waals surface area contributed by atoms with Crippen molar-refractivity contribution in [2.45, 2.75) is 4.90 Å². The lowest BCUT2D eigenvalue weighted by Crippen LogP contribution is -2.37. The average Bonchev–Trinajstić information content (AvgIpc) is 2.45. The molecule has 2 rings (SSSR count). The van der Waals surface area contributed by atoms with Crippen LogP contribution in [0.15, 0.2) is 23.1 Å². The van der Waals surface area contributed by atoms with Crippen LogP contribution < -0.4 is 10.0 Å². The molecule has 0 amide bonds. The van der Waals surface area contributed by atoms with Gasteiger partial charge in [-0.25, -0.2) is 18.4 Å². The fraction of sp³-hybridized carbons (Fsp3) is 0.417. The zero-order valence-electron chi connectivity index (χ0n) is 11.0. The minimum atomic E-state index is -3.87. The fourth-order valence-electron chi connectivity index (χ4n) is 2.05. The van der Waals surface area contributed by atoms with Crippen molar-refractivity contribution in [2.24, 2.45) is 5.14 Å². The Bertz CT molecular complexity index is 608. The lowest BCUT2D eigenvalue weighted by molar-refractivity contribution is 0.0600. The molecule has 20 heavy (non-hydrogen) atoms. The maximum Gasteiger partial charge on any atom is 0.340 e.